The highest BCUT2D eigenvalue weighted by atomic mass is 35.5. The van der Waals surface area contributed by atoms with Crippen LogP contribution in [0.1, 0.15) is 27.0 Å². The third kappa shape index (κ3) is 6.69. The van der Waals surface area contributed by atoms with Gasteiger partial charge in [-0.2, -0.15) is 5.10 Å². The molecule has 0 aliphatic heterocycles. The van der Waals surface area contributed by atoms with Gasteiger partial charge in [-0.05, 0) is 61.9 Å². The zero-order valence-electron chi connectivity index (χ0n) is 17.2. The van der Waals surface area contributed by atoms with Crippen molar-refractivity contribution in [3.63, 3.8) is 0 Å². The number of nitrogens with one attached hydrogen (secondary N) is 2. The zero-order chi connectivity index (χ0) is 22.2. The molecule has 3 rings (SSSR count). The van der Waals surface area contributed by atoms with Gasteiger partial charge in [-0.3, -0.25) is 9.59 Å². The van der Waals surface area contributed by atoms with Gasteiger partial charge in [-0.25, -0.2) is 5.43 Å². The number of hydrogen-bond acceptors (Lipinski definition) is 4. The van der Waals surface area contributed by atoms with Crippen molar-refractivity contribution in [2.75, 3.05) is 11.9 Å². The van der Waals surface area contributed by atoms with E-state index < -0.39 is 0 Å². The van der Waals surface area contributed by atoms with Crippen LogP contribution in [0.5, 0.6) is 5.75 Å². The maximum Gasteiger partial charge on any atom is 0.271 e. The number of carbonyl (C=O) groups excluding carboxylic acids is 2. The minimum Gasteiger partial charge on any atom is -0.482 e. The van der Waals surface area contributed by atoms with Crippen LogP contribution < -0.4 is 15.5 Å². The van der Waals surface area contributed by atoms with E-state index >= 15 is 0 Å². The molecule has 3 aromatic carbocycles. The van der Waals surface area contributed by atoms with E-state index in [0.29, 0.717) is 27.6 Å². The molecule has 31 heavy (non-hydrogen) atoms. The Labute approximate surface area is 185 Å². The van der Waals surface area contributed by atoms with Crippen LogP contribution in [0.4, 0.5) is 5.69 Å². The first-order valence-corrected chi connectivity index (χ1v) is 9.97. The molecule has 0 aliphatic rings. The molecule has 3 aromatic rings. The Balaban J connectivity index is 1.51. The van der Waals surface area contributed by atoms with Gasteiger partial charge in [0.2, 0.25) is 0 Å². The second-order valence-electron chi connectivity index (χ2n) is 6.96. The highest BCUT2D eigenvalue weighted by Crippen LogP contribution is 2.25. The molecule has 0 heterocycles. The van der Waals surface area contributed by atoms with E-state index in [1.165, 1.54) is 6.21 Å². The molecule has 0 spiro atoms. The molecule has 0 radical (unpaired) electrons. The highest BCUT2D eigenvalue weighted by molar-refractivity contribution is 6.32. The molecule has 6 nitrogen and oxygen atoms in total. The number of hydrazone groups is 1. The lowest BCUT2D eigenvalue weighted by Gasteiger charge is -2.09. The average molecular weight is 436 g/mol. The van der Waals surface area contributed by atoms with Crippen molar-refractivity contribution in [1.82, 2.24) is 5.43 Å². The second-order valence-corrected chi connectivity index (χ2v) is 7.37. The van der Waals surface area contributed by atoms with E-state index in [-0.39, 0.29) is 18.4 Å². The molecule has 0 bridgehead atoms. The molecule has 0 unspecified atom stereocenters. The first-order valence-electron chi connectivity index (χ1n) is 9.59. The fraction of sp³-hybridized carbons (Fsp3) is 0.125. The van der Waals surface area contributed by atoms with Gasteiger partial charge >= 0.3 is 0 Å². The Bertz CT molecular complexity index is 1090. The summed E-state index contributed by atoms with van der Waals surface area (Å²) in [5.74, 6) is -0.215. The number of rotatable bonds is 7. The Hall–Kier alpha value is -3.64. The second kappa shape index (κ2) is 10.4. The van der Waals surface area contributed by atoms with Gasteiger partial charge in [-0.15, -0.1) is 0 Å². The number of amides is 2. The predicted octanol–water partition coefficient (Wildman–Crippen LogP) is 4.74. The number of benzene rings is 3. The quantitative estimate of drug-likeness (QED) is 0.415. The molecule has 2 amide bonds. The fourth-order valence-electron chi connectivity index (χ4n) is 2.63. The molecule has 7 heteroatoms. The highest BCUT2D eigenvalue weighted by Gasteiger charge is 2.08. The molecule has 158 valence electrons. The third-order valence-corrected chi connectivity index (χ3v) is 4.64. The number of anilines is 1. The smallest absolute Gasteiger partial charge is 0.271 e. The van der Waals surface area contributed by atoms with Crippen molar-refractivity contribution in [1.29, 1.82) is 0 Å². The number of nitrogens with zero attached hydrogens (tertiary/aromatic N) is 1. The zero-order valence-corrected chi connectivity index (χ0v) is 17.9. The van der Waals surface area contributed by atoms with Crippen LogP contribution in [-0.4, -0.2) is 24.6 Å². The first kappa shape index (κ1) is 22.1. The minimum absolute atomic E-state index is 0.173. The van der Waals surface area contributed by atoms with Gasteiger partial charge in [0.1, 0.15) is 5.75 Å². The maximum absolute atomic E-state index is 12.1. The first-order chi connectivity index (χ1) is 14.9. The van der Waals surface area contributed by atoms with E-state index in [4.69, 9.17) is 16.3 Å². The molecular formula is C24H22ClN3O3. The third-order valence-electron chi connectivity index (χ3n) is 4.34. The van der Waals surface area contributed by atoms with E-state index in [1.54, 1.807) is 30.3 Å². The molecule has 0 atom stereocenters. The van der Waals surface area contributed by atoms with Crippen LogP contribution in [0.25, 0.3) is 0 Å². The van der Waals surface area contributed by atoms with Crippen LogP contribution in [0, 0.1) is 13.8 Å². The summed E-state index contributed by atoms with van der Waals surface area (Å²) >= 11 is 6.24. The SMILES string of the molecule is Cc1ccc(NC(=O)COc2ccc(/C=N/NC(=O)c3ccc(C)cc3)cc2Cl)cc1. The number of aryl methyl sites for hydroxylation is 2. The van der Waals surface area contributed by atoms with Gasteiger partial charge in [-0.1, -0.05) is 47.0 Å². The fourth-order valence-corrected chi connectivity index (χ4v) is 2.87. The van der Waals surface area contributed by atoms with Crippen LogP contribution in [0.2, 0.25) is 5.02 Å². The molecule has 0 saturated carbocycles. The number of ether oxygens (including phenoxy) is 1. The van der Waals surface area contributed by atoms with Crippen LogP contribution >= 0.6 is 11.6 Å². The average Bonchev–Trinajstić information content (AvgIpc) is 2.75. The summed E-state index contributed by atoms with van der Waals surface area (Å²) in [7, 11) is 0. The number of carbonyl (C=O) groups is 2. The van der Waals surface area contributed by atoms with Crippen LogP contribution in [0.3, 0.4) is 0 Å². The predicted molar refractivity (Wildman–Crippen MR) is 123 cm³/mol. The lowest BCUT2D eigenvalue weighted by Crippen LogP contribution is -2.20. The van der Waals surface area contributed by atoms with Crippen LogP contribution in [-0.2, 0) is 4.79 Å². The Kier molecular flexibility index (Phi) is 7.40. The summed E-state index contributed by atoms with van der Waals surface area (Å²) in [4.78, 5) is 24.1. The van der Waals surface area contributed by atoms with Gasteiger partial charge in [0.25, 0.3) is 11.8 Å². The van der Waals surface area contributed by atoms with Crippen molar-refractivity contribution in [2.45, 2.75) is 13.8 Å². The Morgan fingerprint density at radius 1 is 0.968 bits per heavy atom. The van der Waals surface area contributed by atoms with Crippen molar-refractivity contribution in [2.24, 2.45) is 5.10 Å². The monoisotopic (exact) mass is 435 g/mol. The normalized spacial score (nSPS) is 10.7. The van der Waals surface area contributed by atoms with Crippen molar-refractivity contribution in [3.8, 4) is 5.75 Å². The van der Waals surface area contributed by atoms with Crippen LogP contribution in [0.15, 0.2) is 71.8 Å². The molecule has 0 aliphatic carbocycles. The van der Waals surface area contributed by atoms with Gasteiger partial charge in [0, 0.05) is 11.3 Å². The number of hydrogen-bond donors (Lipinski definition) is 2. The van der Waals surface area contributed by atoms with Crippen molar-refractivity contribution < 1.29 is 14.3 Å². The maximum atomic E-state index is 12.1. The van der Waals surface area contributed by atoms with E-state index in [2.05, 4.69) is 15.8 Å². The summed E-state index contributed by atoms with van der Waals surface area (Å²) in [5.41, 5.74) is 6.55. The minimum atomic E-state index is -0.304. The molecular weight excluding hydrogens is 414 g/mol. The summed E-state index contributed by atoms with van der Waals surface area (Å²) < 4.78 is 5.50. The summed E-state index contributed by atoms with van der Waals surface area (Å²) in [6, 6.07) is 19.7. The van der Waals surface area contributed by atoms with E-state index in [1.807, 2.05) is 50.2 Å². The lowest BCUT2D eigenvalue weighted by molar-refractivity contribution is -0.118. The van der Waals surface area contributed by atoms with Gasteiger partial charge < -0.3 is 10.1 Å². The Morgan fingerprint density at radius 3 is 2.26 bits per heavy atom. The molecule has 2 N–H and O–H groups in total. The summed E-state index contributed by atoms with van der Waals surface area (Å²) in [6.45, 7) is 3.75. The summed E-state index contributed by atoms with van der Waals surface area (Å²) in [5, 5.41) is 7.04. The van der Waals surface area contributed by atoms with E-state index in [9.17, 15) is 9.59 Å². The largest absolute Gasteiger partial charge is 0.482 e. The molecule has 0 saturated heterocycles. The topological polar surface area (TPSA) is 79.8 Å². The van der Waals surface area contributed by atoms with E-state index in [0.717, 1.165) is 11.1 Å². The van der Waals surface area contributed by atoms with Gasteiger partial charge in [0.15, 0.2) is 6.61 Å². The Morgan fingerprint density at radius 2 is 1.61 bits per heavy atom. The molecule has 0 fully saturated rings. The van der Waals surface area contributed by atoms with Crippen molar-refractivity contribution in [3.05, 3.63) is 94.0 Å². The van der Waals surface area contributed by atoms with Crippen molar-refractivity contribution >= 4 is 35.3 Å². The summed E-state index contributed by atoms with van der Waals surface area (Å²) in [6.07, 6.45) is 1.48. The lowest BCUT2D eigenvalue weighted by atomic mass is 10.1. The number of halogens is 1. The van der Waals surface area contributed by atoms with Gasteiger partial charge in [0.05, 0.1) is 11.2 Å². The standard InChI is InChI=1S/C24H22ClN3O3/c1-16-3-8-19(9-4-16)24(30)28-26-14-18-7-12-22(21(25)13-18)31-15-23(29)27-20-10-5-17(2)6-11-20/h3-14H,15H2,1-2H3,(H,27,29)(H,28,30)/b26-14+. The molecule has 0 aromatic heterocycles.